The number of hydrogen-bond donors (Lipinski definition) is 0. The monoisotopic (exact) mass is 904 g/mol. The largest absolute Gasteiger partial charge is 0.455 e. The molecular weight excluding hydrogens is 861 g/mol. The average Bonchev–Trinajstić information content (AvgIpc) is 4.01. The average molecular weight is 905 g/mol. The summed E-state index contributed by atoms with van der Waals surface area (Å²) in [7, 11) is 0. The molecule has 71 heavy (non-hydrogen) atoms. The number of fused-ring (bicyclic) bond motifs is 8. The molecule has 14 rings (SSSR count). The lowest BCUT2D eigenvalue weighted by atomic mass is 9.97. The second-order valence-electron chi connectivity index (χ2n) is 18.4. The molecule has 14 aromatic rings. The number of aromatic nitrogens is 1. The Morgan fingerprint density at radius 3 is 1.63 bits per heavy atom. The first-order chi connectivity index (χ1) is 35.2. The van der Waals surface area contributed by atoms with Gasteiger partial charge in [-0.1, -0.05) is 200 Å². The summed E-state index contributed by atoms with van der Waals surface area (Å²) in [6, 6.07) is 96.6. The van der Waals surface area contributed by atoms with Crippen molar-refractivity contribution >= 4 is 82.4 Å². The van der Waals surface area contributed by atoms with Crippen LogP contribution in [-0.2, 0) is 0 Å². The van der Waals surface area contributed by atoms with E-state index in [1.54, 1.807) is 0 Å². The highest BCUT2D eigenvalue weighted by Crippen LogP contribution is 2.47. The van der Waals surface area contributed by atoms with Crippen molar-refractivity contribution in [1.29, 1.82) is 0 Å². The number of furan rings is 1. The first kappa shape index (κ1) is 40.6. The van der Waals surface area contributed by atoms with E-state index in [9.17, 15) is 0 Å². The molecule has 0 aliphatic heterocycles. The molecule has 0 fully saturated rings. The number of benzene rings is 12. The van der Waals surface area contributed by atoms with E-state index in [2.05, 4.69) is 276 Å². The van der Waals surface area contributed by atoms with E-state index in [0.29, 0.717) is 0 Å². The minimum atomic E-state index is 0.862. The molecule has 3 heteroatoms. The van der Waals surface area contributed by atoms with E-state index in [-0.39, 0.29) is 0 Å². The van der Waals surface area contributed by atoms with E-state index < -0.39 is 0 Å². The van der Waals surface area contributed by atoms with Gasteiger partial charge in [0.15, 0.2) is 0 Å². The zero-order valence-electron chi connectivity index (χ0n) is 38.7. The molecule has 0 saturated carbocycles. The van der Waals surface area contributed by atoms with Gasteiger partial charge in [0.05, 0.1) is 27.8 Å². The molecule has 0 N–H and O–H groups in total. The zero-order chi connectivity index (χ0) is 46.8. The molecule has 2 heterocycles. The second kappa shape index (κ2) is 16.7. The molecule has 0 radical (unpaired) electrons. The third-order valence-electron chi connectivity index (χ3n) is 14.4. The molecule has 12 aromatic carbocycles. The zero-order valence-corrected chi connectivity index (χ0v) is 38.7. The van der Waals surface area contributed by atoms with E-state index in [4.69, 9.17) is 4.42 Å². The molecule has 0 unspecified atom stereocenters. The summed E-state index contributed by atoms with van der Waals surface area (Å²) >= 11 is 0. The minimum Gasteiger partial charge on any atom is -0.455 e. The van der Waals surface area contributed by atoms with Gasteiger partial charge in [-0.2, -0.15) is 0 Å². The summed E-state index contributed by atoms with van der Waals surface area (Å²) in [5.74, 6) is 0. The summed E-state index contributed by atoms with van der Waals surface area (Å²) in [4.78, 5) is 2.39. The van der Waals surface area contributed by atoms with Crippen LogP contribution < -0.4 is 4.90 Å². The molecule has 3 nitrogen and oxygen atoms in total. The summed E-state index contributed by atoms with van der Waals surface area (Å²) in [6.07, 6.45) is 0. The Morgan fingerprint density at radius 1 is 0.310 bits per heavy atom. The van der Waals surface area contributed by atoms with Crippen LogP contribution in [0.4, 0.5) is 17.1 Å². The number of rotatable bonds is 8. The highest BCUT2D eigenvalue weighted by Gasteiger charge is 2.23. The highest BCUT2D eigenvalue weighted by atomic mass is 16.3. The molecule has 0 aliphatic carbocycles. The molecule has 0 aliphatic rings. The predicted octanol–water partition coefficient (Wildman–Crippen LogP) is 19.1. The van der Waals surface area contributed by atoms with E-state index in [0.717, 1.165) is 61.3 Å². The molecular formula is C68H44N2O. The fraction of sp³-hybridized carbons (Fsp3) is 0. The normalized spacial score (nSPS) is 11.7. The Morgan fingerprint density at radius 2 is 0.859 bits per heavy atom. The van der Waals surface area contributed by atoms with Crippen LogP contribution in [0.2, 0.25) is 0 Å². The Labute approximate surface area is 411 Å². The van der Waals surface area contributed by atoms with E-state index >= 15 is 0 Å². The molecule has 0 amide bonds. The van der Waals surface area contributed by atoms with Gasteiger partial charge in [-0.25, -0.2) is 0 Å². The van der Waals surface area contributed by atoms with Gasteiger partial charge in [0.2, 0.25) is 0 Å². The number of hydrogen-bond acceptors (Lipinski definition) is 2. The van der Waals surface area contributed by atoms with Crippen molar-refractivity contribution in [3.63, 3.8) is 0 Å². The van der Waals surface area contributed by atoms with Crippen molar-refractivity contribution < 1.29 is 4.42 Å². The van der Waals surface area contributed by atoms with Crippen LogP contribution in [0.25, 0.3) is 115 Å². The Kier molecular flexibility index (Phi) is 9.53. The molecule has 0 saturated heterocycles. The van der Waals surface area contributed by atoms with Gasteiger partial charge in [0, 0.05) is 38.5 Å². The predicted molar refractivity (Wildman–Crippen MR) is 299 cm³/mol. The summed E-state index contributed by atoms with van der Waals surface area (Å²) < 4.78 is 9.26. The van der Waals surface area contributed by atoms with Gasteiger partial charge >= 0.3 is 0 Å². The standard InChI is InChI=1S/C68H44N2O/c1-2-15-50(16-3-1)58-42-43-64(67-60-22-9-11-27-65(60)71-68(58)67)69(54-38-34-47(35-39-54)46-28-30-48(31-29-46)53-33-32-45-14-4-5-18-52(45)44-53)55-40-36-51(37-41-55)57-23-13-26-63-66(57)59-21-8-10-24-62(59)70(63)61-25-12-19-49-17-6-7-20-56(49)61/h1-44H. The third kappa shape index (κ3) is 6.82. The van der Waals surface area contributed by atoms with E-state index in [1.807, 2.05) is 0 Å². The van der Waals surface area contributed by atoms with Gasteiger partial charge in [-0.15, -0.1) is 0 Å². The summed E-state index contributed by atoms with van der Waals surface area (Å²) in [5.41, 5.74) is 17.7. The molecule has 0 atom stereocenters. The summed E-state index contributed by atoms with van der Waals surface area (Å²) in [6.45, 7) is 0. The lowest BCUT2D eigenvalue weighted by Crippen LogP contribution is -2.10. The quantitative estimate of drug-likeness (QED) is 0.151. The second-order valence-corrected chi connectivity index (χ2v) is 18.4. The fourth-order valence-corrected chi connectivity index (χ4v) is 11.0. The molecule has 0 spiro atoms. The lowest BCUT2D eigenvalue weighted by Gasteiger charge is -2.27. The van der Waals surface area contributed by atoms with Crippen molar-refractivity contribution in [3.05, 3.63) is 267 Å². The van der Waals surface area contributed by atoms with Crippen molar-refractivity contribution in [3.8, 4) is 50.2 Å². The molecule has 2 aromatic heterocycles. The van der Waals surface area contributed by atoms with E-state index in [1.165, 1.54) is 71.3 Å². The van der Waals surface area contributed by atoms with Crippen molar-refractivity contribution in [2.24, 2.45) is 0 Å². The maximum Gasteiger partial charge on any atom is 0.145 e. The topological polar surface area (TPSA) is 21.3 Å². The lowest BCUT2D eigenvalue weighted by molar-refractivity contribution is 0.670. The summed E-state index contributed by atoms with van der Waals surface area (Å²) in [5, 5.41) is 9.58. The first-order valence-electron chi connectivity index (χ1n) is 24.3. The minimum absolute atomic E-state index is 0.862. The van der Waals surface area contributed by atoms with Gasteiger partial charge in [0.1, 0.15) is 11.2 Å². The number of para-hydroxylation sites is 2. The Hall–Kier alpha value is -9.44. The van der Waals surface area contributed by atoms with Gasteiger partial charge in [0.25, 0.3) is 0 Å². The highest BCUT2D eigenvalue weighted by molar-refractivity contribution is 6.18. The SMILES string of the molecule is c1ccc(-c2ccc(N(c3ccc(-c4ccc(-c5ccc6ccccc6c5)cc4)cc3)c3ccc(-c4cccc5c4c4ccccc4n5-c4cccc5ccccc45)cc3)c3c2oc2ccccc23)cc1. The Bertz CT molecular complexity index is 4310. The van der Waals surface area contributed by atoms with Crippen molar-refractivity contribution in [2.45, 2.75) is 0 Å². The third-order valence-corrected chi connectivity index (χ3v) is 14.4. The first-order valence-corrected chi connectivity index (χ1v) is 24.3. The van der Waals surface area contributed by atoms with Crippen LogP contribution in [0.5, 0.6) is 0 Å². The van der Waals surface area contributed by atoms with Crippen molar-refractivity contribution in [2.75, 3.05) is 4.90 Å². The Balaban J connectivity index is 0.903. The van der Waals surface area contributed by atoms with Crippen LogP contribution in [0, 0.1) is 0 Å². The number of nitrogens with zero attached hydrogens (tertiary/aromatic N) is 2. The smallest absolute Gasteiger partial charge is 0.145 e. The van der Waals surface area contributed by atoms with Gasteiger partial charge < -0.3 is 13.9 Å². The van der Waals surface area contributed by atoms with Crippen LogP contribution in [0.15, 0.2) is 271 Å². The maximum atomic E-state index is 6.82. The maximum absolute atomic E-state index is 6.82. The van der Waals surface area contributed by atoms with Crippen LogP contribution in [0.1, 0.15) is 0 Å². The molecule has 332 valence electrons. The van der Waals surface area contributed by atoms with Gasteiger partial charge in [-0.05, 0) is 122 Å². The molecule has 0 bridgehead atoms. The fourth-order valence-electron chi connectivity index (χ4n) is 11.0. The van der Waals surface area contributed by atoms with Gasteiger partial charge in [-0.3, -0.25) is 0 Å². The van der Waals surface area contributed by atoms with Crippen LogP contribution >= 0.6 is 0 Å². The van der Waals surface area contributed by atoms with Crippen LogP contribution in [-0.4, -0.2) is 4.57 Å². The number of anilines is 3. The van der Waals surface area contributed by atoms with Crippen LogP contribution in [0.3, 0.4) is 0 Å². The van der Waals surface area contributed by atoms with Crippen molar-refractivity contribution in [1.82, 2.24) is 4.57 Å².